The zero-order valence-corrected chi connectivity index (χ0v) is 14.1. The van der Waals surface area contributed by atoms with Crippen LogP contribution >= 0.6 is 11.3 Å². The van der Waals surface area contributed by atoms with Crippen molar-refractivity contribution in [3.63, 3.8) is 0 Å². The molecule has 1 fully saturated rings. The van der Waals surface area contributed by atoms with Crippen LogP contribution in [-0.2, 0) is 4.74 Å². The Hall–Kier alpha value is -1.47. The Morgan fingerprint density at radius 1 is 1.41 bits per heavy atom. The summed E-state index contributed by atoms with van der Waals surface area (Å²) in [5.74, 6) is 0.0181. The van der Waals surface area contributed by atoms with E-state index in [1.165, 1.54) is 11.3 Å². The minimum Gasteiger partial charge on any atom is -0.444 e. The second-order valence-corrected chi connectivity index (χ2v) is 7.28. The molecule has 1 N–H and O–H groups in total. The number of amides is 1. The van der Waals surface area contributed by atoms with Crippen LogP contribution in [0.15, 0.2) is 11.6 Å². The first-order valence-corrected chi connectivity index (χ1v) is 8.37. The van der Waals surface area contributed by atoms with Gasteiger partial charge in [0.2, 0.25) is 5.78 Å². The minimum absolute atomic E-state index is 0.0181. The molecule has 1 aliphatic heterocycles. The number of hydrogen-bond donors (Lipinski definition) is 1. The average molecular weight is 325 g/mol. The molecule has 22 heavy (non-hydrogen) atoms. The molecular formula is C15H23N3O3S. The lowest BCUT2D eigenvalue weighted by molar-refractivity contribution is 0.0198. The number of aromatic nitrogens is 1. The van der Waals surface area contributed by atoms with Crippen molar-refractivity contribution in [2.24, 2.45) is 0 Å². The van der Waals surface area contributed by atoms with Crippen molar-refractivity contribution < 1.29 is 14.3 Å². The Morgan fingerprint density at radius 3 is 2.64 bits per heavy atom. The highest BCUT2D eigenvalue weighted by Crippen LogP contribution is 2.15. The first-order chi connectivity index (χ1) is 10.3. The fraction of sp³-hybridized carbons (Fsp3) is 0.667. The predicted octanol–water partition coefficient (Wildman–Crippen LogP) is 2.31. The fourth-order valence-electron chi connectivity index (χ4n) is 2.27. The highest BCUT2D eigenvalue weighted by atomic mass is 32.1. The third-order valence-electron chi connectivity index (χ3n) is 3.37. The summed E-state index contributed by atoms with van der Waals surface area (Å²) in [7, 11) is 0. The third kappa shape index (κ3) is 5.06. The molecule has 1 aromatic heterocycles. The molecule has 0 radical (unpaired) electrons. The molecule has 7 heteroatoms. The van der Waals surface area contributed by atoms with Crippen LogP contribution in [0, 0.1) is 0 Å². The summed E-state index contributed by atoms with van der Waals surface area (Å²) in [6.45, 7) is 7.19. The molecule has 2 rings (SSSR count). The molecule has 0 bridgehead atoms. The number of hydrogen-bond acceptors (Lipinski definition) is 6. The molecule has 0 aliphatic carbocycles. The molecule has 6 nitrogen and oxygen atoms in total. The van der Waals surface area contributed by atoms with Gasteiger partial charge >= 0.3 is 6.09 Å². The zero-order chi connectivity index (χ0) is 16.2. The van der Waals surface area contributed by atoms with E-state index in [1.807, 2.05) is 20.8 Å². The number of thiazole rings is 1. The minimum atomic E-state index is -0.466. The van der Waals surface area contributed by atoms with E-state index in [0.29, 0.717) is 24.6 Å². The van der Waals surface area contributed by atoms with E-state index < -0.39 is 5.60 Å². The maximum Gasteiger partial charge on any atom is 0.410 e. The number of rotatable bonds is 4. The van der Waals surface area contributed by atoms with Gasteiger partial charge in [-0.05, 0) is 33.6 Å². The molecule has 0 unspecified atom stereocenters. The van der Waals surface area contributed by atoms with Gasteiger partial charge in [-0.1, -0.05) is 0 Å². The average Bonchev–Trinajstić information content (AvgIpc) is 2.97. The SMILES string of the molecule is CC(C)(C)OC(=O)N1CCC(NCC(=O)c2nccs2)CC1. The molecule has 1 amide bonds. The van der Waals surface area contributed by atoms with E-state index >= 15 is 0 Å². The van der Waals surface area contributed by atoms with Crippen molar-refractivity contribution in [2.75, 3.05) is 19.6 Å². The number of carbonyl (C=O) groups is 2. The topological polar surface area (TPSA) is 71.5 Å². The molecule has 0 atom stereocenters. The maximum absolute atomic E-state index is 12.0. The first-order valence-electron chi connectivity index (χ1n) is 7.49. The number of ether oxygens (including phenoxy) is 1. The lowest BCUT2D eigenvalue weighted by atomic mass is 10.1. The number of ketones is 1. The summed E-state index contributed by atoms with van der Waals surface area (Å²) in [5.41, 5.74) is -0.466. The first kappa shape index (κ1) is 16.9. The van der Waals surface area contributed by atoms with Crippen LogP contribution in [0.1, 0.15) is 43.4 Å². The van der Waals surface area contributed by atoms with Gasteiger partial charge in [0, 0.05) is 30.7 Å². The molecule has 122 valence electrons. The molecule has 1 aliphatic rings. The monoisotopic (exact) mass is 325 g/mol. The summed E-state index contributed by atoms with van der Waals surface area (Å²) in [6.07, 6.45) is 3.02. The van der Waals surface area contributed by atoms with E-state index in [9.17, 15) is 9.59 Å². The summed E-state index contributed by atoms with van der Waals surface area (Å²) in [4.78, 5) is 29.6. The summed E-state index contributed by atoms with van der Waals surface area (Å²) < 4.78 is 5.37. The zero-order valence-electron chi connectivity index (χ0n) is 13.3. The Balaban J connectivity index is 1.71. The van der Waals surface area contributed by atoms with Crippen LogP contribution in [0.4, 0.5) is 4.79 Å². The Kier molecular flexibility index (Phi) is 5.52. The van der Waals surface area contributed by atoms with Gasteiger partial charge in [-0.25, -0.2) is 9.78 Å². The number of Topliss-reactive ketones (excluding diaryl/α,β-unsaturated/α-hetero) is 1. The molecule has 0 saturated carbocycles. The van der Waals surface area contributed by atoms with Crippen LogP contribution < -0.4 is 5.32 Å². The van der Waals surface area contributed by atoms with Crippen LogP contribution in [0.25, 0.3) is 0 Å². The fourth-order valence-corrected chi connectivity index (χ4v) is 2.84. The van der Waals surface area contributed by atoms with E-state index in [-0.39, 0.29) is 17.9 Å². The smallest absolute Gasteiger partial charge is 0.410 e. The Morgan fingerprint density at radius 2 is 2.09 bits per heavy atom. The predicted molar refractivity (Wildman–Crippen MR) is 85.3 cm³/mol. The van der Waals surface area contributed by atoms with Crippen molar-refractivity contribution in [2.45, 2.75) is 45.3 Å². The standard InChI is InChI=1S/C15H23N3O3S/c1-15(2,3)21-14(20)18-7-4-11(5-8-18)17-10-12(19)13-16-6-9-22-13/h6,9,11,17H,4-5,7-8,10H2,1-3H3. The largest absolute Gasteiger partial charge is 0.444 e. The lowest BCUT2D eigenvalue weighted by Gasteiger charge is -2.33. The highest BCUT2D eigenvalue weighted by Gasteiger charge is 2.26. The number of likely N-dealkylation sites (tertiary alicyclic amines) is 1. The van der Waals surface area contributed by atoms with Gasteiger partial charge in [-0.2, -0.15) is 0 Å². The lowest BCUT2D eigenvalue weighted by Crippen LogP contribution is -2.47. The van der Waals surface area contributed by atoms with Crippen molar-refractivity contribution >= 4 is 23.2 Å². The normalized spacial score (nSPS) is 16.6. The number of nitrogens with one attached hydrogen (secondary N) is 1. The van der Waals surface area contributed by atoms with Crippen LogP contribution in [0.3, 0.4) is 0 Å². The van der Waals surface area contributed by atoms with Crippen LogP contribution in [0.5, 0.6) is 0 Å². The van der Waals surface area contributed by atoms with Gasteiger partial charge in [0.15, 0.2) is 5.01 Å². The van der Waals surface area contributed by atoms with E-state index in [0.717, 1.165) is 12.8 Å². The maximum atomic E-state index is 12.0. The second kappa shape index (κ2) is 7.19. The second-order valence-electron chi connectivity index (χ2n) is 6.38. The van der Waals surface area contributed by atoms with Crippen molar-refractivity contribution in [3.8, 4) is 0 Å². The van der Waals surface area contributed by atoms with E-state index in [1.54, 1.807) is 16.5 Å². The van der Waals surface area contributed by atoms with Crippen LogP contribution in [-0.4, -0.2) is 53.0 Å². The number of piperidine rings is 1. The van der Waals surface area contributed by atoms with E-state index in [2.05, 4.69) is 10.3 Å². The number of nitrogens with zero attached hydrogens (tertiary/aromatic N) is 2. The third-order valence-corrected chi connectivity index (χ3v) is 4.18. The van der Waals surface area contributed by atoms with Crippen molar-refractivity contribution in [3.05, 3.63) is 16.6 Å². The summed E-state index contributed by atoms with van der Waals surface area (Å²) in [6, 6.07) is 0.252. The highest BCUT2D eigenvalue weighted by molar-refractivity contribution is 7.11. The van der Waals surface area contributed by atoms with Gasteiger partial charge in [0.1, 0.15) is 5.60 Å². The van der Waals surface area contributed by atoms with Gasteiger partial charge < -0.3 is 15.0 Å². The Bertz CT molecular complexity index is 503. The van der Waals surface area contributed by atoms with Gasteiger partial charge in [0.05, 0.1) is 6.54 Å². The van der Waals surface area contributed by atoms with Gasteiger partial charge in [-0.3, -0.25) is 4.79 Å². The quantitative estimate of drug-likeness (QED) is 0.860. The van der Waals surface area contributed by atoms with E-state index in [4.69, 9.17) is 4.74 Å². The van der Waals surface area contributed by atoms with Gasteiger partial charge in [0.25, 0.3) is 0 Å². The molecule has 2 heterocycles. The number of carbonyl (C=O) groups excluding carboxylic acids is 2. The summed E-state index contributed by atoms with van der Waals surface area (Å²) in [5, 5.41) is 5.59. The Labute approximate surface area is 134 Å². The summed E-state index contributed by atoms with van der Waals surface area (Å²) >= 11 is 1.36. The molecule has 1 aromatic rings. The van der Waals surface area contributed by atoms with Crippen LogP contribution in [0.2, 0.25) is 0 Å². The van der Waals surface area contributed by atoms with Crippen molar-refractivity contribution in [1.82, 2.24) is 15.2 Å². The molecule has 0 aromatic carbocycles. The molecular weight excluding hydrogens is 302 g/mol. The molecule has 1 saturated heterocycles. The van der Waals surface area contributed by atoms with Gasteiger partial charge in [-0.15, -0.1) is 11.3 Å². The molecule has 0 spiro atoms. The van der Waals surface area contributed by atoms with Crippen molar-refractivity contribution in [1.29, 1.82) is 0 Å².